The molecule has 2 fully saturated rings. The third-order valence-corrected chi connectivity index (χ3v) is 6.77. The first kappa shape index (κ1) is 21.7. The molecule has 166 valence electrons. The summed E-state index contributed by atoms with van der Waals surface area (Å²) >= 11 is 0. The van der Waals surface area contributed by atoms with Gasteiger partial charge in [0.2, 0.25) is 0 Å². The summed E-state index contributed by atoms with van der Waals surface area (Å²) in [6.45, 7) is 1.77. The molecule has 1 aliphatic heterocycles. The lowest BCUT2D eigenvalue weighted by molar-refractivity contribution is 0.102. The Morgan fingerprint density at radius 3 is 2.45 bits per heavy atom. The van der Waals surface area contributed by atoms with Crippen molar-refractivity contribution in [2.24, 2.45) is 0 Å². The van der Waals surface area contributed by atoms with Gasteiger partial charge in [0.25, 0.3) is 5.91 Å². The summed E-state index contributed by atoms with van der Waals surface area (Å²) < 4.78 is 11.5. The number of likely N-dealkylation sites (tertiary alicyclic amines) is 1. The van der Waals surface area contributed by atoms with E-state index in [0.29, 0.717) is 41.3 Å². The summed E-state index contributed by atoms with van der Waals surface area (Å²) in [5, 5.41) is 2.98. The van der Waals surface area contributed by atoms with Crippen LogP contribution in [-0.2, 0) is 0 Å². The van der Waals surface area contributed by atoms with E-state index in [2.05, 4.69) is 29.4 Å². The topological polar surface area (TPSA) is 50.8 Å². The Balaban J connectivity index is 1.37. The predicted molar refractivity (Wildman–Crippen MR) is 124 cm³/mol. The number of nitrogens with zero attached hydrogens (tertiary/aromatic N) is 1. The number of carbonyl (C=O) groups is 1. The minimum atomic E-state index is -0.113. The molecule has 0 radical (unpaired) electrons. The van der Waals surface area contributed by atoms with E-state index in [-0.39, 0.29) is 5.91 Å². The van der Waals surface area contributed by atoms with Gasteiger partial charge in [-0.15, -0.1) is 0 Å². The van der Waals surface area contributed by atoms with Crippen molar-refractivity contribution in [2.45, 2.75) is 56.9 Å². The Hall–Kier alpha value is -2.53. The summed E-state index contributed by atoms with van der Waals surface area (Å²) in [6.07, 6.45) is 8.87. The van der Waals surface area contributed by atoms with Gasteiger partial charge >= 0.3 is 0 Å². The lowest BCUT2D eigenvalue weighted by Crippen LogP contribution is -2.30. The van der Waals surface area contributed by atoms with Gasteiger partial charge in [0.1, 0.15) is 6.61 Å². The molecular weight excluding hydrogens is 388 g/mol. The van der Waals surface area contributed by atoms with Crippen LogP contribution in [0.2, 0.25) is 0 Å². The Labute approximate surface area is 185 Å². The lowest BCUT2D eigenvalue weighted by Gasteiger charge is -2.22. The van der Waals surface area contributed by atoms with E-state index < -0.39 is 0 Å². The zero-order chi connectivity index (χ0) is 21.6. The van der Waals surface area contributed by atoms with Crippen molar-refractivity contribution >= 4 is 11.6 Å². The van der Waals surface area contributed by atoms with Gasteiger partial charge in [0, 0.05) is 23.4 Å². The Morgan fingerprint density at radius 2 is 1.77 bits per heavy atom. The maximum Gasteiger partial charge on any atom is 0.255 e. The monoisotopic (exact) mass is 422 g/mol. The second kappa shape index (κ2) is 10.2. The van der Waals surface area contributed by atoms with Crippen LogP contribution in [0.25, 0.3) is 0 Å². The van der Waals surface area contributed by atoms with Crippen LogP contribution in [0, 0.1) is 0 Å². The molecule has 1 saturated heterocycles. The number of anilines is 1. The Kier molecular flexibility index (Phi) is 7.13. The Morgan fingerprint density at radius 1 is 1.00 bits per heavy atom. The van der Waals surface area contributed by atoms with Crippen LogP contribution < -0.4 is 14.8 Å². The minimum Gasteiger partial charge on any atom is -0.493 e. The van der Waals surface area contributed by atoms with E-state index in [4.69, 9.17) is 9.47 Å². The van der Waals surface area contributed by atoms with Crippen molar-refractivity contribution in [1.29, 1.82) is 0 Å². The van der Waals surface area contributed by atoms with Crippen LogP contribution in [0.5, 0.6) is 11.5 Å². The number of carbonyl (C=O) groups excluding carboxylic acids is 1. The summed E-state index contributed by atoms with van der Waals surface area (Å²) in [6, 6.07) is 14.1. The van der Waals surface area contributed by atoms with Crippen molar-refractivity contribution < 1.29 is 14.3 Å². The molecule has 0 bridgehead atoms. The number of benzene rings is 2. The molecule has 1 N–H and O–H groups in total. The molecule has 1 saturated carbocycles. The van der Waals surface area contributed by atoms with Crippen LogP contribution in [-0.4, -0.2) is 44.2 Å². The molecule has 2 aromatic carbocycles. The SMILES string of the molecule is COc1cc(NC(=O)c2ccc(C3CCCCC3)cc2)ccc1OC[C@@H]1CCCN1C. The average molecular weight is 423 g/mol. The van der Waals surface area contributed by atoms with Crippen molar-refractivity contribution in [2.75, 3.05) is 32.6 Å². The van der Waals surface area contributed by atoms with E-state index in [1.165, 1.54) is 44.1 Å². The first-order chi connectivity index (χ1) is 15.1. The maximum atomic E-state index is 12.7. The zero-order valence-corrected chi connectivity index (χ0v) is 18.7. The fraction of sp³-hybridized carbons (Fsp3) is 0.500. The molecule has 1 atom stereocenters. The van der Waals surface area contributed by atoms with Gasteiger partial charge in [-0.2, -0.15) is 0 Å². The smallest absolute Gasteiger partial charge is 0.255 e. The van der Waals surface area contributed by atoms with Crippen LogP contribution in [0.4, 0.5) is 5.69 Å². The molecule has 0 aromatic heterocycles. The van der Waals surface area contributed by atoms with Gasteiger partial charge in [0.15, 0.2) is 11.5 Å². The molecule has 1 amide bonds. The zero-order valence-electron chi connectivity index (χ0n) is 18.7. The van der Waals surface area contributed by atoms with E-state index in [9.17, 15) is 4.79 Å². The highest BCUT2D eigenvalue weighted by atomic mass is 16.5. The number of methoxy groups -OCH3 is 1. The van der Waals surface area contributed by atoms with Crippen LogP contribution >= 0.6 is 0 Å². The van der Waals surface area contributed by atoms with Crippen molar-refractivity contribution in [1.82, 2.24) is 4.90 Å². The standard InChI is InChI=1S/C26H34N2O3/c1-28-16-6-9-23(28)18-31-24-15-14-22(17-25(24)30-2)27-26(29)21-12-10-20(11-13-21)19-7-4-3-5-8-19/h10-15,17,19,23H,3-9,16,18H2,1-2H3,(H,27,29)/t23-/m0/s1. The fourth-order valence-electron chi connectivity index (χ4n) is 4.79. The third kappa shape index (κ3) is 5.40. The fourth-order valence-corrected chi connectivity index (χ4v) is 4.79. The summed E-state index contributed by atoms with van der Waals surface area (Å²) in [7, 11) is 3.76. The van der Waals surface area contributed by atoms with Crippen molar-refractivity contribution in [3.8, 4) is 11.5 Å². The van der Waals surface area contributed by atoms with Crippen LogP contribution in [0.3, 0.4) is 0 Å². The number of amides is 1. The third-order valence-electron chi connectivity index (χ3n) is 6.77. The van der Waals surface area contributed by atoms with Gasteiger partial charge in [-0.3, -0.25) is 4.79 Å². The molecule has 2 aromatic rings. The number of likely N-dealkylation sites (N-methyl/N-ethyl adjacent to an activating group) is 1. The molecule has 0 unspecified atom stereocenters. The molecule has 0 spiro atoms. The van der Waals surface area contributed by atoms with Gasteiger partial charge < -0.3 is 19.7 Å². The van der Waals surface area contributed by atoms with E-state index in [0.717, 1.165) is 13.0 Å². The van der Waals surface area contributed by atoms with Gasteiger partial charge in [-0.05, 0) is 75.0 Å². The minimum absolute atomic E-state index is 0.113. The molecule has 1 aliphatic carbocycles. The van der Waals surface area contributed by atoms with E-state index in [1.54, 1.807) is 7.11 Å². The average Bonchev–Trinajstić information content (AvgIpc) is 3.23. The van der Waals surface area contributed by atoms with E-state index in [1.807, 2.05) is 30.3 Å². The number of ether oxygens (including phenoxy) is 2. The summed E-state index contributed by atoms with van der Waals surface area (Å²) in [5.41, 5.74) is 2.72. The molecule has 5 heteroatoms. The normalized spacial score (nSPS) is 19.9. The molecule has 2 aliphatic rings. The molecular formula is C26H34N2O3. The van der Waals surface area contributed by atoms with Crippen molar-refractivity contribution in [3.63, 3.8) is 0 Å². The predicted octanol–water partition coefficient (Wildman–Crippen LogP) is 5.47. The van der Waals surface area contributed by atoms with Crippen LogP contribution in [0.15, 0.2) is 42.5 Å². The largest absolute Gasteiger partial charge is 0.493 e. The number of hydrogen-bond acceptors (Lipinski definition) is 4. The van der Waals surface area contributed by atoms with Crippen LogP contribution in [0.1, 0.15) is 66.8 Å². The first-order valence-corrected chi connectivity index (χ1v) is 11.6. The summed E-state index contributed by atoms with van der Waals surface area (Å²) in [5.74, 6) is 1.87. The van der Waals surface area contributed by atoms with Gasteiger partial charge in [-0.1, -0.05) is 31.4 Å². The molecule has 5 nitrogen and oxygen atoms in total. The number of nitrogens with one attached hydrogen (secondary N) is 1. The highest BCUT2D eigenvalue weighted by molar-refractivity contribution is 6.04. The molecule has 4 rings (SSSR count). The lowest BCUT2D eigenvalue weighted by atomic mass is 9.84. The highest BCUT2D eigenvalue weighted by Gasteiger charge is 2.22. The summed E-state index contributed by atoms with van der Waals surface area (Å²) in [4.78, 5) is 15.1. The number of rotatable bonds is 7. The first-order valence-electron chi connectivity index (χ1n) is 11.6. The molecule has 1 heterocycles. The quantitative estimate of drug-likeness (QED) is 0.643. The second-order valence-corrected chi connectivity index (χ2v) is 8.86. The highest BCUT2D eigenvalue weighted by Crippen LogP contribution is 2.33. The van der Waals surface area contributed by atoms with Crippen molar-refractivity contribution in [3.05, 3.63) is 53.6 Å². The number of hydrogen-bond donors (Lipinski definition) is 1. The van der Waals surface area contributed by atoms with Gasteiger partial charge in [-0.25, -0.2) is 0 Å². The Bertz CT molecular complexity index is 875. The second-order valence-electron chi connectivity index (χ2n) is 8.86. The molecule has 31 heavy (non-hydrogen) atoms. The van der Waals surface area contributed by atoms with E-state index >= 15 is 0 Å². The van der Waals surface area contributed by atoms with Gasteiger partial charge in [0.05, 0.1) is 7.11 Å². The maximum absolute atomic E-state index is 12.7.